The van der Waals surface area contributed by atoms with Crippen LogP contribution < -0.4 is 4.74 Å². The molecule has 0 amide bonds. The van der Waals surface area contributed by atoms with Crippen molar-refractivity contribution in [1.82, 2.24) is 14.9 Å². The lowest BCUT2D eigenvalue weighted by molar-refractivity contribution is 0.123. The van der Waals surface area contributed by atoms with Gasteiger partial charge in [0, 0.05) is 43.7 Å². The fourth-order valence-corrected chi connectivity index (χ4v) is 2.82. The zero-order chi connectivity index (χ0) is 14.3. The van der Waals surface area contributed by atoms with Gasteiger partial charge in [-0.05, 0) is 37.1 Å². The average Bonchev–Trinajstić information content (AvgIpc) is 2.55. The van der Waals surface area contributed by atoms with E-state index in [1.165, 1.54) is 18.4 Å². The Bertz CT molecular complexity index is 532. The summed E-state index contributed by atoms with van der Waals surface area (Å²) in [5.41, 5.74) is 1.28. The highest BCUT2D eigenvalue weighted by molar-refractivity contribution is 5.09. The molecule has 1 fully saturated rings. The Morgan fingerprint density at radius 3 is 3.00 bits per heavy atom. The highest BCUT2D eigenvalue weighted by Gasteiger charge is 2.20. The van der Waals surface area contributed by atoms with Gasteiger partial charge in [0.2, 0.25) is 5.88 Å². The van der Waals surface area contributed by atoms with Crippen LogP contribution in [0.25, 0.3) is 0 Å². The standard InChI is InChI=1S/C17H21N3O/c1-2-9-19-17(7-1)21-14-16-6-4-10-20(13-16)12-15-5-3-8-18-11-15/h1-3,5,7-9,11,16H,4,6,10,12-14H2. The van der Waals surface area contributed by atoms with E-state index in [2.05, 4.69) is 20.9 Å². The number of nitrogens with zero attached hydrogens (tertiary/aromatic N) is 3. The second-order valence-corrected chi connectivity index (χ2v) is 5.58. The summed E-state index contributed by atoms with van der Waals surface area (Å²) in [6, 6.07) is 9.92. The molecule has 3 rings (SSSR count). The first-order valence-electron chi connectivity index (χ1n) is 7.55. The molecule has 2 aromatic heterocycles. The fourth-order valence-electron chi connectivity index (χ4n) is 2.82. The normalized spacial score (nSPS) is 19.3. The molecule has 1 aliphatic heterocycles. The van der Waals surface area contributed by atoms with E-state index in [1.54, 1.807) is 6.20 Å². The molecule has 1 saturated heterocycles. The van der Waals surface area contributed by atoms with Gasteiger partial charge in [0.25, 0.3) is 0 Å². The summed E-state index contributed by atoms with van der Waals surface area (Å²) in [5, 5.41) is 0. The smallest absolute Gasteiger partial charge is 0.213 e. The molecule has 1 unspecified atom stereocenters. The molecule has 4 heteroatoms. The summed E-state index contributed by atoms with van der Waals surface area (Å²) in [6.07, 6.45) is 8.01. The Morgan fingerprint density at radius 2 is 2.19 bits per heavy atom. The average molecular weight is 283 g/mol. The van der Waals surface area contributed by atoms with Gasteiger partial charge in [-0.1, -0.05) is 12.1 Å². The topological polar surface area (TPSA) is 38.2 Å². The number of pyridine rings is 2. The van der Waals surface area contributed by atoms with Crippen LogP contribution in [0.4, 0.5) is 0 Å². The first-order valence-corrected chi connectivity index (χ1v) is 7.55. The Balaban J connectivity index is 1.49. The third-order valence-electron chi connectivity index (χ3n) is 3.84. The fraction of sp³-hybridized carbons (Fsp3) is 0.412. The largest absolute Gasteiger partial charge is 0.477 e. The number of piperidine rings is 1. The van der Waals surface area contributed by atoms with E-state index in [0.717, 1.165) is 32.1 Å². The van der Waals surface area contributed by atoms with Crippen LogP contribution in [0.5, 0.6) is 5.88 Å². The van der Waals surface area contributed by atoms with E-state index in [-0.39, 0.29) is 0 Å². The Hall–Kier alpha value is -1.94. The monoisotopic (exact) mass is 283 g/mol. The SMILES string of the molecule is c1ccc(OCC2CCCN(Cc3cccnc3)C2)nc1. The summed E-state index contributed by atoms with van der Waals surface area (Å²) in [4.78, 5) is 10.9. The highest BCUT2D eigenvalue weighted by atomic mass is 16.5. The van der Waals surface area contributed by atoms with Crippen molar-refractivity contribution in [3.05, 3.63) is 54.5 Å². The minimum Gasteiger partial charge on any atom is -0.477 e. The number of ether oxygens (including phenoxy) is 1. The molecular weight excluding hydrogens is 262 g/mol. The third-order valence-corrected chi connectivity index (χ3v) is 3.84. The van der Waals surface area contributed by atoms with Crippen molar-refractivity contribution in [2.75, 3.05) is 19.7 Å². The molecule has 0 aromatic carbocycles. The van der Waals surface area contributed by atoms with E-state index < -0.39 is 0 Å². The van der Waals surface area contributed by atoms with Crippen LogP contribution in [0.3, 0.4) is 0 Å². The number of rotatable bonds is 5. The predicted octanol–water partition coefficient (Wildman–Crippen LogP) is 2.77. The molecule has 0 N–H and O–H groups in total. The molecule has 0 bridgehead atoms. The van der Waals surface area contributed by atoms with Gasteiger partial charge in [-0.15, -0.1) is 0 Å². The van der Waals surface area contributed by atoms with Gasteiger partial charge in [0.1, 0.15) is 0 Å². The second-order valence-electron chi connectivity index (χ2n) is 5.58. The molecule has 110 valence electrons. The molecule has 0 aliphatic carbocycles. The lowest BCUT2D eigenvalue weighted by Gasteiger charge is -2.32. The molecule has 3 heterocycles. The number of aromatic nitrogens is 2. The van der Waals surface area contributed by atoms with E-state index >= 15 is 0 Å². The van der Waals surface area contributed by atoms with Crippen molar-refractivity contribution in [2.45, 2.75) is 19.4 Å². The summed E-state index contributed by atoms with van der Waals surface area (Å²) >= 11 is 0. The molecule has 1 atom stereocenters. The molecule has 2 aromatic rings. The van der Waals surface area contributed by atoms with Crippen molar-refractivity contribution < 1.29 is 4.74 Å². The van der Waals surface area contributed by atoms with E-state index in [9.17, 15) is 0 Å². The van der Waals surface area contributed by atoms with Gasteiger partial charge in [-0.2, -0.15) is 0 Å². The van der Waals surface area contributed by atoms with Gasteiger partial charge in [0.05, 0.1) is 6.61 Å². The van der Waals surface area contributed by atoms with Gasteiger partial charge in [-0.25, -0.2) is 4.98 Å². The second kappa shape index (κ2) is 7.18. The van der Waals surface area contributed by atoms with E-state index in [4.69, 9.17) is 4.74 Å². The Labute approximate surface area is 125 Å². The molecule has 1 aliphatic rings. The van der Waals surface area contributed by atoms with Crippen molar-refractivity contribution in [1.29, 1.82) is 0 Å². The first-order chi connectivity index (χ1) is 10.4. The quantitative estimate of drug-likeness (QED) is 0.845. The Morgan fingerprint density at radius 1 is 1.19 bits per heavy atom. The summed E-state index contributed by atoms with van der Waals surface area (Å²) in [5.74, 6) is 1.30. The number of hydrogen-bond donors (Lipinski definition) is 0. The van der Waals surface area contributed by atoms with Gasteiger partial charge in [-0.3, -0.25) is 9.88 Å². The number of hydrogen-bond acceptors (Lipinski definition) is 4. The number of likely N-dealkylation sites (tertiary alicyclic amines) is 1. The maximum atomic E-state index is 5.79. The molecule has 4 nitrogen and oxygen atoms in total. The maximum absolute atomic E-state index is 5.79. The van der Waals surface area contributed by atoms with Crippen molar-refractivity contribution in [3.63, 3.8) is 0 Å². The van der Waals surface area contributed by atoms with Gasteiger partial charge in [0.15, 0.2) is 0 Å². The maximum Gasteiger partial charge on any atom is 0.213 e. The van der Waals surface area contributed by atoms with Crippen LogP contribution in [0.2, 0.25) is 0 Å². The molecule has 0 spiro atoms. The molecule has 0 saturated carbocycles. The van der Waals surface area contributed by atoms with Gasteiger partial charge >= 0.3 is 0 Å². The molecule has 0 radical (unpaired) electrons. The minimum absolute atomic E-state index is 0.581. The van der Waals surface area contributed by atoms with Crippen molar-refractivity contribution in [3.8, 4) is 5.88 Å². The summed E-state index contributed by atoms with van der Waals surface area (Å²) in [6.45, 7) is 3.98. The molecule has 21 heavy (non-hydrogen) atoms. The summed E-state index contributed by atoms with van der Waals surface area (Å²) < 4.78 is 5.79. The van der Waals surface area contributed by atoms with E-state index in [0.29, 0.717) is 5.92 Å². The zero-order valence-corrected chi connectivity index (χ0v) is 12.2. The lowest BCUT2D eigenvalue weighted by Crippen LogP contribution is -2.37. The van der Waals surface area contributed by atoms with Crippen LogP contribution in [0.1, 0.15) is 18.4 Å². The highest BCUT2D eigenvalue weighted by Crippen LogP contribution is 2.19. The van der Waals surface area contributed by atoms with Crippen LogP contribution in [0, 0.1) is 5.92 Å². The van der Waals surface area contributed by atoms with Crippen molar-refractivity contribution in [2.24, 2.45) is 5.92 Å². The third kappa shape index (κ3) is 4.26. The molecular formula is C17H21N3O. The predicted molar refractivity (Wildman–Crippen MR) is 82.0 cm³/mol. The van der Waals surface area contributed by atoms with Crippen LogP contribution in [-0.2, 0) is 6.54 Å². The summed E-state index contributed by atoms with van der Waals surface area (Å²) in [7, 11) is 0. The zero-order valence-electron chi connectivity index (χ0n) is 12.2. The first kappa shape index (κ1) is 14.0. The van der Waals surface area contributed by atoms with Crippen LogP contribution in [-0.4, -0.2) is 34.6 Å². The minimum atomic E-state index is 0.581. The Kier molecular flexibility index (Phi) is 4.79. The van der Waals surface area contributed by atoms with E-state index in [1.807, 2.05) is 36.7 Å². The van der Waals surface area contributed by atoms with Crippen molar-refractivity contribution >= 4 is 0 Å². The van der Waals surface area contributed by atoms with Crippen LogP contribution >= 0.6 is 0 Å². The van der Waals surface area contributed by atoms with Gasteiger partial charge < -0.3 is 4.74 Å². The van der Waals surface area contributed by atoms with Crippen LogP contribution in [0.15, 0.2) is 48.9 Å². The lowest BCUT2D eigenvalue weighted by atomic mass is 9.98.